The molecule has 18 heavy (non-hydrogen) atoms. The molecule has 2 rings (SSSR count). The van der Waals surface area contributed by atoms with E-state index >= 15 is 0 Å². The highest BCUT2D eigenvalue weighted by Crippen LogP contribution is 2.24. The van der Waals surface area contributed by atoms with Crippen LogP contribution in [0, 0.1) is 0 Å². The first-order valence-corrected chi connectivity index (χ1v) is 5.91. The van der Waals surface area contributed by atoms with Gasteiger partial charge in [-0.15, -0.1) is 0 Å². The summed E-state index contributed by atoms with van der Waals surface area (Å²) >= 11 is 0. The average Bonchev–Trinajstić information content (AvgIpc) is 2.78. The van der Waals surface area contributed by atoms with E-state index in [0.29, 0.717) is 6.61 Å². The maximum absolute atomic E-state index is 5.66. The van der Waals surface area contributed by atoms with Crippen LogP contribution in [0.4, 0.5) is 0 Å². The Hall–Kier alpha value is -1.85. The van der Waals surface area contributed by atoms with Crippen LogP contribution in [-0.2, 0) is 7.05 Å². The summed E-state index contributed by atoms with van der Waals surface area (Å²) in [4.78, 5) is 4.11. The molecule has 1 aromatic heterocycles. The molecule has 0 saturated carbocycles. The van der Waals surface area contributed by atoms with Crippen LogP contribution in [0.5, 0.6) is 5.75 Å². The molecule has 0 bridgehead atoms. The van der Waals surface area contributed by atoms with Crippen molar-refractivity contribution < 1.29 is 4.74 Å². The molecule has 1 aromatic carbocycles. The van der Waals surface area contributed by atoms with Gasteiger partial charge in [0, 0.05) is 7.05 Å². The molecule has 0 saturated heterocycles. The molecule has 0 amide bonds. The first-order valence-electron chi connectivity index (χ1n) is 5.91. The second kappa shape index (κ2) is 5.66. The zero-order valence-corrected chi connectivity index (χ0v) is 10.6. The number of hydrazine groups is 1. The van der Waals surface area contributed by atoms with Crippen LogP contribution in [0.2, 0.25) is 0 Å². The van der Waals surface area contributed by atoms with Gasteiger partial charge in [0.25, 0.3) is 0 Å². The second-order valence-electron chi connectivity index (χ2n) is 4.03. The maximum Gasteiger partial charge on any atom is 0.119 e. The minimum Gasteiger partial charge on any atom is -0.494 e. The van der Waals surface area contributed by atoms with Crippen LogP contribution >= 0.6 is 0 Å². The SMILES string of the molecule is CCOc1cccc(C(NN)c2cncn2C)c1. The Morgan fingerprint density at radius 2 is 2.33 bits per heavy atom. The summed E-state index contributed by atoms with van der Waals surface area (Å²) in [7, 11) is 1.94. The first kappa shape index (κ1) is 12.6. The summed E-state index contributed by atoms with van der Waals surface area (Å²) in [6.07, 6.45) is 3.56. The number of aromatic nitrogens is 2. The lowest BCUT2D eigenvalue weighted by atomic mass is 10.0. The van der Waals surface area contributed by atoms with Crippen molar-refractivity contribution >= 4 is 0 Å². The van der Waals surface area contributed by atoms with Gasteiger partial charge < -0.3 is 9.30 Å². The monoisotopic (exact) mass is 246 g/mol. The number of nitrogens with one attached hydrogen (secondary N) is 1. The number of hydrogen-bond donors (Lipinski definition) is 2. The molecule has 0 aliphatic carbocycles. The minimum absolute atomic E-state index is 0.0992. The van der Waals surface area contributed by atoms with Crippen molar-refractivity contribution in [3.63, 3.8) is 0 Å². The fraction of sp³-hybridized carbons (Fsp3) is 0.308. The molecule has 5 heteroatoms. The number of ether oxygens (including phenoxy) is 1. The second-order valence-corrected chi connectivity index (χ2v) is 4.03. The molecule has 1 atom stereocenters. The van der Waals surface area contributed by atoms with E-state index in [1.165, 1.54) is 0 Å². The third-order valence-electron chi connectivity index (χ3n) is 2.82. The molecule has 1 unspecified atom stereocenters. The molecule has 2 aromatic rings. The van der Waals surface area contributed by atoms with Crippen LogP contribution in [0.1, 0.15) is 24.2 Å². The summed E-state index contributed by atoms with van der Waals surface area (Å²) < 4.78 is 7.44. The van der Waals surface area contributed by atoms with Crippen LogP contribution in [0.15, 0.2) is 36.8 Å². The maximum atomic E-state index is 5.66. The Kier molecular flexibility index (Phi) is 3.96. The van der Waals surface area contributed by atoms with Gasteiger partial charge >= 0.3 is 0 Å². The highest BCUT2D eigenvalue weighted by Gasteiger charge is 2.16. The Balaban J connectivity index is 2.33. The van der Waals surface area contributed by atoms with Gasteiger partial charge in [0.2, 0.25) is 0 Å². The normalized spacial score (nSPS) is 12.4. The lowest BCUT2D eigenvalue weighted by Gasteiger charge is -2.17. The fourth-order valence-corrected chi connectivity index (χ4v) is 1.95. The fourth-order valence-electron chi connectivity index (χ4n) is 1.95. The molecule has 0 fully saturated rings. The molecule has 0 aliphatic rings. The van der Waals surface area contributed by atoms with Gasteiger partial charge in [-0.3, -0.25) is 5.84 Å². The predicted molar refractivity (Wildman–Crippen MR) is 70.0 cm³/mol. The van der Waals surface area contributed by atoms with Gasteiger partial charge in [-0.2, -0.15) is 0 Å². The zero-order chi connectivity index (χ0) is 13.0. The highest BCUT2D eigenvalue weighted by molar-refractivity contribution is 5.34. The van der Waals surface area contributed by atoms with E-state index in [1.54, 1.807) is 12.5 Å². The first-order chi connectivity index (χ1) is 8.76. The molecule has 96 valence electrons. The summed E-state index contributed by atoms with van der Waals surface area (Å²) in [5, 5.41) is 0. The highest BCUT2D eigenvalue weighted by atomic mass is 16.5. The Morgan fingerprint density at radius 1 is 1.50 bits per heavy atom. The number of hydrogen-bond acceptors (Lipinski definition) is 4. The summed E-state index contributed by atoms with van der Waals surface area (Å²) in [5.41, 5.74) is 4.87. The van der Waals surface area contributed by atoms with Crippen LogP contribution in [0.3, 0.4) is 0 Å². The third kappa shape index (κ3) is 2.52. The lowest BCUT2D eigenvalue weighted by molar-refractivity contribution is 0.339. The molecule has 0 aliphatic heterocycles. The van der Waals surface area contributed by atoms with E-state index in [0.717, 1.165) is 17.0 Å². The van der Waals surface area contributed by atoms with Crippen LogP contribution in [-0.4, -0.2) is 16.2 Å². The summed E-state index contributed by atoms with van der Waals surface area (Å²) in [6, 6.07) is 7.80. The number of imidazole rings is 1. The number of rotatable bonds is 5. The van der Waals surface area contributed by atoms with E-state index in [-0.39, 0.29) is 6.04 Å². The van der Waals surface area contributed by atoms with Gasteiger partial charge in [-0.05, 0) is 24.6 Å². The van der Waals surface area contributed by atoms with E-state index in [1.807, 2.05) is 42.8 Å². The van der Waals surface area contributed by atoms with Gasteiger partial charge in [0.05, 0.1) is 30.9 Å². The average molecular weight is 246 g/mol. The van der Waals surface area contributed by atoms with Crippen LogP contribution < -0.4 is 16.0 Å². The third-order valence-corrected chi connectivity index (χ3v) is 2.82. The Bertz CT molecular complexity index is 509. The van der Waals surface area contributed by atoms with Crippen molar-refractivity contribution in [1.82, 2.24) is 15.0 Å². The van der Waals surface area contributed by atoms with Crippen LogP contribution in [0.25, 0.3) is 0 Å². The molecule has 3 N–H and O–H groups in total. The molecular weight excluding hydrogens is 228 g/mol. The van der Waals surface area contributed by atoms with Crippen molar-refractivity contribution in [2.45, 2.75) is 13.0 Å². The van der Waals surface area contributed by atoms with Gasteiger partial charge in [-0.1, -0.05) is 12.1 Å². The van der Waals surface area contributed by atoms with Crippen molar-refractivity contribution in [2.75, 3.05) is 6.61 Å². The van der Waals surface area contributed by atoms with Gasteiger partial charge in [0.1, 0.15) is 5.75 Å². The summed E-state index contributed by atoms with van der Waals surface area (Å²) in [6.45, 7) is 2.61. The minimum atomic E-state index is -0.0992. The molecule has 5 nitrogen and oxygen atoms in total. The van der Waals surface area contributed by atoms with E-state index in [9.17, 15) is 0 Å². The topological polar surface area (TPSA) is 65.1 Å². The van der Waals surface area contributed by atoms with Gasteiger partial charge in [-0.25, -0.2) is 10.4 Å². The predicted octanol–water partition coefficient (Wildman–Crippen LogP) is 1.37. The molecule has 1 heterocycles. The molecule has 0 spiro atoms. The Morgan fingerprint density at radius 3 is 2.94 bits per heavy atom. The number of benzene rings is 1. The standard InChI is InChI=1S/C13H18N4O/c1-3-18-11-6-4-5-10(7-11)13(16-14)12-8-15-9-17(12)2/h4-9,13,16H,3,14H2,1-2H3. The summed E-state index contributed by atoms with van der Waals surface area (Å²) in [5.74, 6) is 6.50. The van der Waals surface area contributed by atoms with E-state index in [4.69, 9.17) is 10.6 Å². The van der Waals surface area contributed by atoms with Crippen molar-refractivity contribution in [2.24, 2.45) is 12.9 Å². The quantitative estimate of drug-likeness (QED) is 0.618. The lowest BCUT2D eigenvalue weighted by Crippen LogP contribution is -2.30. The molecule has 0 radical (unpaired) electrons. The number of nitrogens with two attached hydrogens (primary N) is 1. The van der Waals surface area contributed by atoms with Crippen molar-refractivity contribution in [1.29, 1.82) is 0 Å². The smallest absolute Gasteiger partial charge is 0.119 e. The van der Waals surface area contributed by atoms with E-state index in [2.05, 4.69) is 10.4 Å². The Labute approximate surface area is 107 Å². The van der Waals surface area contributed by atoms with E-state index < -0.39 is 0 Å². The molecular formula is C13H18N4O. The number of nitrogens with zero attached hydrogens (tertiary/aromatic N) is 2. The van der Waals surface area contributed by atoms with Crippen molar-refractivity contribution in [3.05, 3.63) is 48.0 Å². The number of aryl methyl sites for hydroxylation is 1. The van der Waals surface area contributed by atoms with Gasteiger partial charge in [0.15, 0.2) is 0 Å². The largest absolute Gasteiger partial charge is 0.494 e. The zero-order valence-electron chi connectivity index (χ0n) is 10.6. The van der Waals surface area contributed by atoms with Crippen molar-refractivity contribution in [3.8, 4) is 5.75 Å².